The second kappa shape index (κ2) is 5.19. The van der Waals surface area contributed by atoms with Crippen LogP contribution in [-0.4, -0.2) is 22.8 Å². The lowest BCUT2D eigenvalue weighted by atomic mass is 9.66. The maximum Gasteiger partial charge on any atom is 0.234 e. The van der Waals surface area contributed by atoms with Crippen LogP contribution in [0.5, 0.6) is 0 Å². The summed E-state index contributed by atoms with van der Waals surface area (Å²) in [4.78, 5) is 24.3. The summed E-state index contributed by atoms with van der Waals surface area (Å²) in [6, 6.07) is 7.83. The number of thioether (sulfide) groups is 1. The number of hydrogen-bond donors (Lipinski definition) is 1. The van der Waals surface area contributed by atoms with Gasteiger partial charge < -0.3 is 0 Å². The normalized spacial score (nSPS) is 33.5. The summed E-state index contributed by atoms with van der Waals surface area (Å²) in [7, 11) is 0. The first-order valence-corrected chi connectivity index (χ1v) is 8.56. The van der Waals surface area contributed by atoms with E-state index in [0.717, 1.165) is 22.2 Å². The number of carbonyl (C=O) groups excluding carboxylic acids is 2. The zero-order valence-corrected chi connectivity index (χ0v) is 13.6. The van der Waals surface area contributed by atoms with Crippen LogP contribution in [0.1, 0.15) is 31.2 Å². The summed E-state index contributed by atoms with van der Waals surface area (Å²) < 4.78 is 0.943. The first-order chi connectivity index (χ1) is 9.52. The number of halogens is 1. The highest BCUT2D eigenvalue weighted by atomic mass is 79.9. The van der Waals surface area contributed by atoms with Gasteiger partial charge in [0.05, 0.1) is 5.92 Å². The van der Waals surface area contributed by atoms with Gasteiger partial charge in [0.25, 0.3) is 0 Å². The van der Waals surface area contributed by atoms with E-state index in [-0.39, 0.29) is 23.1 Å². The second-order valence-corrected chi connectivity index (χ2v) is 8.01. The van der Waals surface area contributed by atoms with Crippen molar-refractivity contribution in [2.75, 3.05) is 5.75 Å². The van der Waals surface area contributed by atoms with Crippen molar-refractivity contribution in [2.45, 2.75) is 30.9 Å². The minimum atomic E-state index is -0.242. The molecule has 1 N–H and O–H groups in total. The first kappa shape index (κ1) is 14.1. The number of hydrogen-bond acceptors (Lipinski definition) is 3. The zero-order valence-electron chi connectivity index (χ0n) is 11.2. The Morgan fingerprint density at radius 2 is 2.10 bits per heavy atom. The maximum absolute atomic E-state index is 12.5. The molecule has 3 unspecified atom stereocenters. The van der Waals surface area contributed by atoms with Gasteiger partial charge in [-0.05, 0) is 18.1 Å². The van der Waals surface area contributed by atoms with Crippen LogP contribution in [0.2, 0.25) is 0 Å². The molecular formula is C15H16BrNO2S. The molecule has 0 radical (unpaired) electrons. The fourth-order valence-electron chi connectivity index (χ4n) is 3.46. The highest BCUT2D eigenvalue weighted by molar-refractivity contribution is 9.10. The van der Waals surface area contributed by atoms with Gasteiger partial charge in [-0.15, -0.1) is 0 Å². The third-order valence-electron chi connectivity index (χ3n) is 4.22. The quantitative estimate of drug-likeness (QED) is 0.789. The van der Waals surface area contributed by atoms with Crippen molar-refractivity contribution < 1.29 is 9.59 Å². The molecule has 0 aliphatic carbocycles. The summed E-state index contributed by atoms with van der Waals surface area (Å²) >= 11 is 5.41. The van der Waals surface area contributed by atoms with Crippen molar-refractivity contribution in [3.05, 3.63) is 34.3 Å². The monoisotopic (exact) mass is 353 g/mol. The fraction of sp³-hybridized carbons (Fsp3) is 0.467. The van der Waals surface area contributed by atoms with E-state index < -0.39 is 0 Å². The SMILES string of the molecule is CC1CC2(CS1)CC(=O)NC(=O)C2c1ccccc1Br. The van der Waals surface area contributed by atoms with Gasteiger partial charge in [0.1, 0.15) is 0 Å². The molecule has 0 aromatic heterocycles. The van der Waals surface area contributed by atoms with E-state index in [1.54, 1.807) is 0 Å². The van der Waals surface area contributed by atoms with Crippen molar-refractivity contribution in [3.63, 3.8) is 0 Å². The van der Waals surface area contributed by atoms with Crippen molar-refractivity contribution in [3.8, 4) is 0 Å². The molecular weight excluding hydrogens is 338 g/mol. The van der Waals surface area contributed by atoms with Gasteiger partial charge in [-0.2, -0.15) is 11.8 Å². The van der Waals surface area contributed by atoms with E-state index in [4.69, 9.17) is 0 Å². The molecule has 5 heteroatoms. The van der Waals surface area contributed by atoms with Crippen molar-refractivity contribution in [1.29, 1.82) is 0 Å². The van der Waals surface area contributed by atoms with E-state index in [0.29, 0.717) is 11.7 Å². The Hall–Kier alpha value is -0.810. The number of nitrogens with one attached hydrogen (secondary N) is 1. The van der Waals surface area contributed by atoms with Crippen LogP contribution in [-0.2, 0) is 9.59 Å². The standard InChI is InChI=1S/C15H16BrNO2S/c1-9-6-15(8-20-9)7-12(18)17-14(19)13(15)10-4-2-3-5-11(10)16/h2-5,9,13H,6-8H2,1H3,(H,17,18,19). The van der Waals surface area contributed by atoms with Gasteiger partial charge in [0.15, 0.2) is 0 Å². The van der Waals surface area contributed by atoms with Crippen LogP contribution in [0.25, 0.3) is 0 Å². The topological polar surface area (TPSA) is 46.2 Å². The lowest BCUT2D eigenvalue weighted by molar-refractivity contribution is -0.139. The van der Waals surface area contributed by atoms with Crippen LogP contribution >= 0.6 is 27.7 Å². The molecule has 2 aliphatic heterocycles. The van der Waals surface area contributed by atoms with Crippen LogP contribution in [0, 0.1) is 5.41 Å². The van der Waals surface area contributed by atoms with E-state index in [1.165, 1.54) is 0 Å². The largest absolute Gasteiger partial charge is 0.296 e. The van der Waals surface area contributed by atoms with E-state index in [9.17, 15) is 9.59 Å². The molecule has 1 spiro atoms. The second-order valence-electron chi connectivity index (χ2n) is 5.73. The molecule has 106 valence electrons. The Kier molecular flexibility index (Phi) is 3.67. The Labute approximate surface area is 131 Å². The van der Waals surface area contributed by atoms with Gasteiger partial charge in [-0.3, -0.25) is 14.9 Å². The van der Waals surface area contributed by atoms with Crippen LogP contribution < -0.4 is 5.32 Å². The van der Waals surface area contributed by atoms with E-state index >= 15 is 0 Å². The van der Waals surface area contributed by atoms with Gasteiger partial charge in [0, 0.05) is 27.3 Å². The average Bonchev–Trinajstić information content (AvgIpc) is 2.72. The molecule has 3 nitrogen and oxygen atoms in total. The minimum absolute atomic E-state index is 0.131. The van der Waals surface area contributed by atoms with Crippen molar-refractivity contribution in [2.24, 2.45) is 5.41 Å². The Morgan fingerprint density at radius 3 is 2.75 bits per heavy atom. The molecule has 2 aliphatic rings. The van der Waals surface area contributed by atoms with Crippen LogP contribution in [0.4, 0.5) is 0 Å². The molecule has 0 bridgehead atoms. The Bertz CT molecular complexity index is 577. The lowest BCUT2D eigenvalue weighted by Gasteiger charge is -2.40. The molecule has 2 saturated heterocycles. The molecule has 3 rings (SSSR count). The fourth-order valence-corrected chi connectivity index (χ4v) is 5.42. The number of benzene rings is 1. The van der Waals surface area contributed by atoms with Crippen molar-refractivity contribution in [1.82, 2.24) is 5.32 Å². The number of amides is 2. The molecule has 2 amide bonds. The average molecular weight is 354 g/mol. The molecule has 3 atom stereocenters. The van der Waals surface area contributed by atoms with Crippen molar-refractivity contribution >= 4 is 39.5 Å². The van der Waals surface area contributed by atoms with Gasteiger partial charge in [-0.25, -0.2) is 0 Å². The molecule has 2 heterocycles. The maximum atomic E-state index is 12.5. The predicted octanol–water partition coefficient (Wildman–Crippen LogP) is 3.09. The van der Waals surface area contributed by atoms with Crippen LogP contribution in [0.3, 0.4) is 0 Å². The third-order valence-corrected chi connectivity index (χ3v) is 6.41. The summed E-state index contributed by atoms with van der Waals surface area (Å²) in [6.07, 6.45) is 1.37. The smallest absolute Gasteiger partial charge is 0.234 e. The highest BCUT2D eigenvalue weighted by Gasteiger charge is 2.52. The molecule has 20 heavy (non-hydrogen) atoms. The number of carbonyl (C=O) groups is 2. The Balaban J connectivity index is 2.07. The molecule has 1 aromatic carbocycles. The molecule has 2 fully saturated rings. The van der Waals surface area contributed by atoms with Gasteiger partial charge in [0.2, 0.25) is 11.8 Å². The number of rotatable bonds is 1. The minimum Gasteiger partial charge on any atom is -0.296 e. The van der Waals surface area contributed by atoms with Gasteiger partial charge >= 0.3 is 0 Å². The number of piperidine rings is 1. The van der Waals surface area contributed by atoms with E-state index in [2.05, 4.69) is 28.2 Å². The third kappa shape index (κ3) is 2.31. The molecule has 1 aromatic rings. The van der Waals surface area contributed by atoms with Gasteiger partial charge in [-0.1, -0.05) is 41.1 Å². The van der Waals surface area contributed by atoms with E-state index in [1.807, 2.05) is 36.0 Å². The predicted molar refractivity (Wildman–Crippen MR) is 83.6 cm³/mol. The highest BCUT2D eigenvalue weighted by Crippen LogP contribution is 2.54. The summed E-state index contributed by atoms with van der Waals surface area (Å²) in [5.41, 5.74) is 0.764. The zero-order chi connectivity index (χ0) is 14.3. The summed E-state index contributed by atoms with van der Waals surface area (Å²) in [6.45, 7) is 2.17. The first-order valence-electron chi connectivity index (χ1n) is 6.71. The summed E-state index contributed by atoms with van der Waals surface area (Å²) in [5, 5.41) is 3.01. The molecule has 0 saturated carbocycles. The van der Waals surface area contributed by atoms with Crippen LogP contribution in [0.15, 0.2) is 28.7 Å². The summed E-state index contributed by atoms with van der Waals surface area (Å²) in [5.74, 6) is 0.350. The Morgan fingerprint density at radius 1 is 1.35 bits per heavy atom. The number of imide groups is 1. The lowest BCUT2D eigenvalue weighted by Crippen LogP contribution is -2.51.